The minimum atomic E-state index is 0.284. The summed E-state index contributed by atoms with van der Waals surface area (Å²) < 4.78 is 0. The quantitative estimate of drug-likeness (QED) is 0.870. The summed E-state index contributed by atoms with van der Waals surface area (Å²) >= 11 is 1.71. The van der Waals surface area contributed by atoms with Crippen molar-refractivity contribution in [2.24, 2.45) is 11.3 Å². The summed E-state index contributed by atoms with van der Waals surface area (Å²) in [6.07, 6.45) is 4.42. The van der Waals surface area contributed by atoms with E-state index in [0.717, 1.165) is 32.5 Å². The van der Waals surface area contributed by atoms with Crippen molar-refractivity contribution in [2.45, 2.75) is 25.7 Å². The molecule has 1 aromatic rings. The van der Waals surface area contributed by atoms with Crippen molar-refractivity contribution in [3.05, 3.63) is 22.4 Å². The van der Waals surface area contributed by atoms with E-state index in [1.165, 1.54) is 18.4 Å². The van der Waals surface area contributed by atoms with E-state index in [-0.39, 0.29) is 5.91 Å². The molecule has 1 atom stereocenters. The molecule has 3 nitrogen and oxygen atoms in total. The highest BCUT2D eigenvalue weighted by Gasteiger charge is 2.57. The molecule has 1 aromatic heterocycles. The highest BCUT2D eigenvalue weighted by atomic mass is 32.1. The first-order chi connectivity index (χ1) is 8.80. The molecule has 1 spiro atoms. The molecule has 18 heavy (non-hydrogen) atoms. The second-order valence-electron chi connectivity index (χ2n) is 5.54. The average Bonchev–Trinajstić information content (AvgIpc) is 2.85. The molecule has 98 valence electrons. The Hall–Kier alpha value is -0.870. The Morgan fingerprint density at radius 1 is 1.50 bits per heavy atom. The number of carbonyl (C=O) groups is 1. The maximum absolute atomic E-state index is 12.1. The van der Waals surface area contributed by atoms with Crippen molar-refractivity contribution in [3.63, 3.8) is 0 Å². The first kappa shape index (κ1) is 12.2. The molecule has 2 aliphatic rings. The van der Waals surface area contributed by atoms with Gasteiger partial charge in [0.2, 0.25) is 5.91 Å². The molecule has 2 heterocycles. The molecule has 1 aliphatic heterocycles. The van der Waals surface area contributed by atoms with Gasteiger partial charge in [0.25, 0.3) is 0 Å². The van der Waals surface area contributed by atoms with Crippen molar-refractivity contribution >= 4 is 17.2 Å². The number of rotatable bonds is 4. The van der Waals surface area contributed by atoms with Crippen LogP contribution in [0.3, 0.4) is 0 Å². The van der Waals surface area contributed by atoms with E-state index in [9.17, 15) is 4.79 Å². The predicted octanol–water partition coefficient (Wildman–Crippen LogP) is 1.80. The normalized spacial score (nSPS) is 25.0. The van der Waals surface area contributed by atoms with Crippen LogP contribution in [0.1, 0.15) is 24.8 Å². The standard InChI is InChI=1S/C14H20N2OS/c17-13(16-5-1-11-2-8-18-10-11)12-9-14(12)3-6-15-7-4-14/h2,8,10,12,15H,1,3-7,9H2,(H,16,17). The maximum Gasteiger partial charge on any atom is 0.223 e. The van der Waals surface area contributed by atoms with Gasteiger partial charge in [-0.15, -0.1) is 0 Å². The maximum atomic E-state index is 12.1. The third-order valence-electron chi connectivity index (χ3n) is 4.40. The van der Waals surface area contributed by atoms with E-state index >= 15 is 0 Å². The monoisotopic (exact) mass is 264 g/mol. The second-order valence-corrected chi connectivity index (χ2v) is 6.32. The number of amides is 1. The molecular formula is C14H20N2OS. The van der Waals surface area contributed by atoms with E-state index in [2.05, 4.69) is 27.5 Å². The number of piperidine rings is 1. The Kier molecular flexibility index (Phi) is 3.39. The van der Waals surface area contributed by atoms with Crippen LogP contribution in [0, 0.1) is 11.3 Å². The zero-order chi connectivity index (χ0) is 12.4. The predicted molar refractivity (Wildman–Crippen MR) is 73.7 cm³/mol. The lowest BCUT2D eigenvalue weighted by atomic mass is 9.92. The zero-order valence-electron chi connectivity index (χ0n) is 10.6. The van der Waals surface area contributed by atoms with Gasteiger partial charge in [-0.2, -0.15) is 11.3 Å². The average molecular weight is 264 g/mol. The molecule has 2 fully saturated rings. The Labute approximate surface area is 112 Å². The largest absolute Gasteiger partial charge is 0.356 e. The Morgan fingerprint density at radius 3 is 3.06 bits per heavy atom. The number of hydrogen-bond acceptors (Lipinski definition) is 3. The molecule has 0 bridgehead atoms. The third-order valence-corrected chi connectivity index (χ3v) is 5.13. The molecule has 4 heteroatoms. The summed E-state index contributed by atoms with van der Waals surface area (Å²) in [6.45, 7) is 2.94. The molecule has 3 rings (SSSR count). The van der Waals surface area contributed by atoms with Gasteiger partial charge in [-0.3, -0.25) is 4.79 Å². The van der Waals surface area contributed by atoms with Gasteiger partial charge in [-0.05, 0) is 66.6 Å². The van der Waals surface area contributed by atoms with Gasteiger partial charge in [0.05, 0.1) is 0 Å². The molecule has 0 radical (unpaired) electrons. The van der Waals surface area contributed by atoms with Crippen LogP contribution in [0.15, 0.2) is 16.8 Å². The third kappa shape index (κ3) is 2.45. The number of hydrogen-bond donors (Lipinski definition) is 2. The summed E-state index contributed by atoms with van der Waals surface area (Å²) in [5.41, 5.74) is 1.69. The van der Waals surface area contributed by atoms with E-state index < -0.39 is 0 Å². The molecule has 2 N–H and O–H groups in total. The minimum Gasteiger partial charge on any atom is -0.356 e. The molecule has 1 saturated heterocycles. The molecule has 1 unspecified atom stereocenters. The van der Waals surface area contributed by atoms with E-state index in [0.29, 0.717) is 11.3 Å². The summed E-state index contributed by atoms with van der Waals surface area (Å²) in [5.74, 6) is 0.578. The SMILES string of the molecule is O=C(NCCc1ccsc1)C1CC12CCNCC2. The van der Waals surface area contributed by atoms with Crippen LogP contribution in [0.5, 0.6) is 0 Å². The van der Waals surface area contributed by atoms with E-state index in [4.69, 9.17) is 0 Å². The first-order valence-electron chi connectivity index (χ1n) is 6.80. The smallest absolute Gasteiger partial charge is 0.223 e. The van der Waals surface area contributed by atoms with Gasteiger partial charge in [0.1, 0.15) is 0 Å². The fraction of sp³-hybridized carbons (Fsp3) is 0.643. The van der Waals surface area contributed by atoms with Gasteiger partial charge < -0.3 is 10.6 Å². The molecule has 1 amide bonds. The molecular weight excluding hydrogens is 244 g/mol. The molecule has 0 aromatic carbocycles. The molecule has 1 saturated carbocycles. The lowest BCUT2D eigenvalue weighted by Crippen LogP contribution is -2.34. The number of thiophene rings is 1. The number of nitrogens with one attached hydrogen (secondary N) is 2. The highest BCUT2D eigenvalue weighted by molar-refractivity contribution is 7.07. The van der Waals surface area contributed by atoms with Crippen molar-refractivity contribution in [2.75, 3.05) is 19.6 Å². The molecule has 1 aliphatic carbocycles. The Balaban J connectivity index is 1.43. The van der Waals surface area contributed by atoms with Gasteiger partial charge in [0, 0.05) is 12.5 Å². The Morgan fingerprint density at radius 2 is 2.33 bits per heavy atom. The van der Waals surface area contributed by atoms with Crippen molar-refractivity contribution in [1.82, 2.24) is 10.6 Å². The van der Waals surface area contributed by atoms with Crippen LogP contribution >= 0.6 is 11.3 Å². The fourth-order valence-corrected chi connectivity index (χ4v) is 3.79. The summed E-state index contributed by atoms with van der Waals surface area (Å²) in [5, 5.41) is 10.7. The van der Waals surface area contributed by atoms with Crippen molar-refractivity contribution in [1.29, 1.82) is 0 Å². The van der Waals surface area contributed by atoms with Gasteiger partial charge >= 0.3 is 0 Å². The van der Waals surface area contributed by atoms with Gasteiger partial charge in [0.15, 0.2) is 0 Å². The fourth-order valence-electron chi connectivity index (χ4n) is 3.08. The second kappa shape index (κ2) is 5.02. The lowest BCUT2D eigenvalue weighted by Gasteiger charge is -2.23. The van der Waals surface area contributed by atoms with Crippen LogP contribution in [-0.2, 0) is 11.2 Å². The van der Waals surface area contributed by atoms with E-state index in [1.54, 1.807) is 11.3 Å². The lowest BCUT2D eigenvalue weighted by molar-refractivity contribution is -0.123. The van der Waals surface area contributed by atoms with Crippen molar-refractivity contribution in [3.8, 4) is 0 Å². The Bertz CT molecular complexity index is 409. The van der Waals surface area contributed by atoms with Gasteiger partial charge in [-0.1, -0.05) is 0 Å². The topological polar surface area (TPSA) is 41.1 Å². The number of carbonyl (C=O) groups excluding carboxylic acids is 1. The summed E-state index contributed by atoms with van der Waals surface area (Å²) in [4.78, 5) is 12.1. The zero-order valence-corrected chi connectivity index (χ0v) is 11.4. The first-order valence-corrected chi connectivity index (χ1v) is 7.74. The summed E-state index contributed by atoms with van der Waals surface area (Å²) in [7, 11) is 0. The van der Waals surface area contributed by atoms with Crippen molar-refractivity contribution < 1.29 is 4.79 Å². The minimum absolute atomic E-state index is 0.284. The summed E-state index contributed by atoms with van der Waals surface area (Å²) in [6, 6.07) is 2.13. The van der Waals surface area contributed by atoms with Crippen LogP contribution in [0.25, 0.3) is 0 Å². The van der Waals surface area contributed by atoms with Crippen LogP contribution in [0.4, 0.5) is 0 Å². The van der Waals surface area contributed by atoms with Gasteiger partial charge in [-0.25, -0.2) is 0 Å². The highest BCUT2D eigenvalue weighted by Crippen LogP contribution is 2.58. The van der Waals surface area contributed by atoms with E-state index in [1.807, 2.05) is 0 Å². The van der Waals surface area contributed by atoms with Crippen LogP contribution in [-0.4, -0.2) is 25.5 Å². The van der Waals surface area contributed by atoms with Crippen LogP contribution in [0.2, 0.25) is 0 Å². The van der Waals surface area contributed by atoms with Crippen LogP contribution < -0.4 is 10.6 Å².